The highest BCUT2D eigenvalue weighted by molar-refractivity contribution is 7.92. The van der Waals surface area contributed by atoms with Gasteiger partial charge in [0.05, 0.1) is 16.6 Å². The number of anilines is 1. The molecule has 3 aromatic carbocycles. The third-order valence-electron chi connectivity index (χ3n) is 4.99. The van der Waals surface area contributed by atoms with E-state index in [1.807, 2.05) is 18.2 Å². The molecule has 0 aliphatic carbocycles. The van der Waals surface area contributed by atoms with Crippen molar-refractivity contribution >= 4 is 38.9 Å². The van der Waals surface area contributed by atoms with Gasteiger partial charge in [0.1, 0.15) is 0 Å². The molecule has 0 fully saturated rings. The lowest BCUT2D eigenvalue weighted by molar-refractivity contribution is -0.130. The van der Waals surface area contributed by atoms with Crippen LogP contribution >= 0.6 is 11.6 Å². The van der Waals surface area contributed by atoms with Crippen LogP contribution in [0.15, 0.2) is 88.9 Å². The topological polar surface area (TPSA) is 78.8 Å². The Morgan fingerprint density at radius 2 is 1.74 bits per heavy atom. The highest BCUT2D eigenvalue weighted by Crippen LogP contribution is 2.34. The second-order valence-corrected chi connectivity index (χ2v) is 9.30. The highest BCUT2D eigenvalue weighted by atomic mass is 35.5. The molecule has 1 unspecified atom stereocenters. The molecular weight excluding hydrogens is 434 g/mol. The highest BCUT2D eigenvalue weighted by Gasteiger charge is 2.31. The zero-order valence-corrected chi connectivity index (χ0v) is 18.3. The molecule has 158 valence electrons. The van der Waals surface area contributed by atoms with Gasteiger partial charge in [-0.05, 0) is 47.5 Å². The third kappa shape index (κ3) is 4.62. The van der Waals surface area contributed by atoms with Crippen LogP contribution in [0.2, 0.25) is 5.02 Å². The number of rotatable bonds is 5. The Hall–Kier alpha value is -3.16. The second-order valence-electron chi connectivity index (χ2n) is 7.18. The molecule has 1 heterocycles. The summed E-state index contributed by atoms with van der Waals surface area (Å²) >= 11 is 6.12. The summed E-state index contributed by atoms with van der Waals surface area (Å²) < 4.78 is 27.6. The van der Waals surface area contributed by atoms with Crippen LogP contribution < -0.4 is 4.72 Å². The van der Waals surface area contributed by atoms with Crippen LogP contribution in [-0.4, -0.2) is 25.0 Å². The first-order chi connectivity index (χ1) is 14.8. The van der Waals surface area contributed by atoms with E-state index >= 15 is 0 Å². The molecule has 0 aromatic heterocycles. The van der Waals surface area contributed by atoms with E-state index in [0.717, 1.165) is 16.8 Å². The summed E-state index contributed by atoms with van der Waals surface area (Å²) in [6.07, 6.45) is 0.537. The molecule has 0 radical (unpaired) electrons. The van der Waals surface area contributed by atoms with Crippen LogP contribution in [0.3, 0.4) is 0 Å². The number of benzene rings is 3. The maximum atomic E-state index is 12.5. The lowest BCUT2D eigenvalue weighted by atomic mass is 9.98. The first kappa shape index (κ1) is 21.1. The number of halogens is 1. The van der Waals surface area contributed by atoms with Gasteiger partial charge in [0, 0.05) is 24.1 Å². The van der Waals surface area contributed by atoms with Gasteiger partial charge in [0.15, 0.2) is 0 Å². The van der Waals surface area contributed by atoms with Crippen molar-refractivity contribution in [3.05, 3.63) is 95.0 Å². The summed E-state index contributed by atoms with van der Waals surface area (Å²) in [4.78, 5) is 12.3. The monoisotopic (exact) mass is 453 g/mol. The summed E-state index contributed by atoms with van der Waals surface area (Å²) in [6, 6.07) is 22.3. The first-order valence-electron chi connectivity index (χ1n) is 9.64. The molecule has 31 heavy (non-hydrogen) atoms. The lowest BCUT2D eigenvalue weighted by Gasteiger charge is -2.20. The summed E-state index contributed by atoms with van der Waals surface area (Å²) in [5.41, 5.74) is 2.92. The normalized spacial score (nSPS) is 16.1. The molecule has 1 N–H and O–H groups in total. The van der Waals surface area contributed by atoms with Crippen molar-refractivity contribution < 1.29 is 13.2 Å². The minimum absolute atomic E-state index is 0.160. The molecule has 3 aromatic rings. The molecule has 4 rings (SSSR count). The SMILES string of the molecule is CC(=O)N1N=C(c2ccc(NS(=O)(=O)c3ccccc3)cc2)CC1c1cccc(Cl)c1. The molecular formula is C23H20ClN3O3S. The van der Waals surface area contributed by atoms with E-state index in [2.05, 4.69) is 9.82 Å². The quantitative estimate of drug-likeness (QED) is 0.600. The average molecular weight is 454 g/mol. The van der Waals surface area contributed by atoms with Crippen LogP contribution in [0.1, 0.15) is 30.5 Å². The van der Waals surface area contributed by atoms with Crippen molar-refractivity contribution in [3.63, 3.8) is 0 Å². The maximum absolute atomic E-state index is 12.5. The van der Waals surface area contributed by atoms with E-state index in [4.69, 9.17) is 11.6 Å². The average Bonchev–Trinajstić information content (AvgIpc) is 3.21. The minimum atomic E-state index is -3.66. The third-order valence-corrected chi connectivity index (χ3v) is 6.62. The standard InChI is InChI=1S/C23H20ClN3O3S/c1-16(28)27-23(18-6-5-7-19(24)14-18)15-22(25-27)17-10-12-20(13-11-17)26-31(29,30)21-8-3-2-4-9-21/h2-14,23,26H,15H2,1H3. The molecule has 0 spiro atoms. The van der Waals surface area contributed by atoms with E-state index in [0.29, 0.717) is 17.1 Å². The van der Waals surface area contributed by atoms with Crippen molar-refractivity contribution in [2.24, 2.45) is 5.10 Å². The van der Waals surface area contributed by atoms with Gasteiger partial charge in [-0.3, -0.25) is 9.52 Å². The molecule has 6 nitrogen and oxygen atoms in total. The zero-order chi connectivity index (χ0) is 22.0. The molecule has 1 aliphatic rings. The van der Waals surface area contributed by atoms with E-state index in [1.54, 1.807) is 48.5 Å². The number of nitrogens with zero attached hydrogens (tertiary/aromatic N) is 2. The van der Waals surface area contributed by atoms with E-state index < -0.39 is 10.0 Å². The second kappa shape index (κ2) is 8.53. The largest absolute Gasteiger partial charge is 0.280 e. The Labute approximate surface area is 186 Å². The molecule has 1 amide bonds. The number of hydrogen-bond donors (Lipinski definition) is 1. The van der Waals surface area contributed by atoms with Crippen molar-refractivity contribution in [1.82, 2.24) is 5.01 Å². The molecule has 8 heteroatoms. The lowest BCUT2D eigenvalue weighted by Crippen LogP contribution is -2.24. The van der Waals surface area contributed by atoms with Crippen molar-refractivity contribution in [2.45, 2.75) is 24.3 Å². The van der Waals surface area contributed by atoms with Gasteiger partial charge < -0.3 is 0 Å². The van der Waals surface area contributed by atoms with Gasteiger partial charge in [-0.15, -0.1) is 0 Å². The number of sulfonamides is 1. The van der Waals surface area contributed by atoms with Gasteiger partial charge in [0.2, 0.25) is 5.91 Å². The summed E-state index contributed by atoms with van der Waals surface area (Å²) in [5.74, 6) is -0.160. The summed E-state index contributed by atoms with van der Waals surface area (Å²) in [5, 5.41) is 6.58. The van der Waals surface area contributed by atoms with Gasteiger partial charge >= 0.3 is 0 Å². The minimum Gasteiger partial charge on any atom is -0.280 e. The van der Waals surface area contributed by atoms with Crippen LogP contribution in [0.25, 0.3) is 0 Å². The van der Waals surface area contributed by atoms with E-state index in [-0.39, 0.29) is 16.8 Å². The van der Waals surface area contributed by atoms with E-state index in [1.165, 1.54) is 24.1 Å². The van der Waals surface area contributed by atoms with Crippen LogP contribution in [0.4, 0.5) is 5.69 Å². The fraction of sp³-hybridized carbons (Fsp3) is 0.130. The molecule has 1 atom stereocenters. The van der Waals surface area contributed by atoms with Crippen molar-refractivity contribution in [2.75, 3.05) is 4.72 Å². The Balaban J connectivity index is 1.55. The number of carbonyl (C=O) groups excluding carboxylic acids is 1. The van der Waals surface area contributed by atoms with Crippen molar-refractivity contribution in [1.29, 1.82) is 0 Å². The van der Waals surface area contributed by atoms with Gasteiger partial charge in [0.25, 0.3) is 10.0 Å². The Kier molecular flexibility index (Phi) is 5.80. The number of hydrazone groups is 1. The predicted molar refractivity (Wildman–Crippen MR) is 122 cm³/mol. The van der Waals surface area contributed by atoms with Gasteiger partial charge in [-0.2, -0.15) is 5.10 Å². The first-order valence-corrected chi connectivity index (χ1v) is 11.5. The zero-order valence-electron chi connectivity index (χ0n) is 16.7. The molecule has 0 saturated carbocycles. The van der Waals surface area contributed by atoms with Gasteiger partial charge in [-0.25, -0.2) is 13.4 Å². The Morgan fingerprint density at radius 1 is 1.03 bits per heavy atom. The van der Waals surface area contributed by atoms with Crippen LogP contribution in [-0.2, 0) is 14.8 Å². The maximum Gasteiger partial charge on any atom is 0.261 e. The fourth-order valence-corrected chi connectivity index (χ4v) is 4.77. The number of amides is 1. The number of carbonyl (C=O) groups is 1. The fourth-order valence-electron chi connectivity index (χ4n) is 3.49. The van der Waals surface area contributed by atoms with Gasteiger partial charge in [-0.1, -0.05) is 54.1 Å². The summed E-state index contributed by atoms with van der Waals surface area (Å²) in [7, 11) is -3.66. The molecule has 0 bridgehead atoms. The number of hydrogen-bond acceptors (Lipinski definition) is 4. The predicted octanol–water partition coefficient (Wildman–Crippen LogP) is 4.84. The Bertz CT molecular complexity index is 1240. The summed E-state index contributed by atoms with van der Waals surface area (Å²) in [6.45, 7) is 1.48. The van der Waals surface area contributed by atoms with Crippen LogP contribution in [0.5, 0.6) is 0 Å². The van der Waals surface area contributed by atoms with Crippen molar-refractivity contribution in [3.8, 4) is 0 Å². The smallest absolute Gasteiger partial charge is 0.261 e. The Morgan fingerprint density at radius 3 is 2.39 bits per heavy atom. The molecule has 1 aliphatic heterocycles. The van der Waals surface area contributed by atoms with Crippen LogP contribution in [0, 0.1) is 0 Å². The molecule has 0 saturated heterocycles. The van der Waals surface area contributed by atoms with E-state index in [9.17, 15) is 13.2 Å². The number of nitrogens with one attached hydrogen (secondary N) is 1.